The van der Waals surface area contributed by atoms with Gasteiger partial charge < -0.3 is 13.9 Å². The van der Waals surface area contributed by atoms with Gasteiger partial charge in [0.1, 0.15) is 5.65 Å². The fourth-order valence-corrected chi connectivity index (χ4v) is 2.26. The summed E-state index contributed by atoms with van der Waals surface area (Å²) in [5.41, 5.74) is -1.01. The zero-order valence-electron chi connectivity index (χ0n) is 11.2. The van der Waals surface area contributed by atoms with E-state index in [4.69, 9.17) is 9.52 Å². The zero-order chi connectivity index (χ0) is 16.1. The third kappa shape index (κ3) is 2.12. The summed E-state index contributed by atoms with van der Waals surface area (Å²) in [4.78, 5) is 14.7. The molecule has 3 rings (SSSR count). The van der Waals surface area contributed by atoms with Gasteiger partial charge in [-0.05, 0) is 19.1 Å². The Morgan fingerprint density at radius 1 is 1.36 bits per heavy atom. The Balaban J connectivity index is 2.39. The van der Waals surface area contributed by atoms with Crippen LogP contribution >= 0.6 is 0 Å². The average molecular weight is 310 g/mol. The second kappa shape index (κ2) is 4.62. The Kier molecular flexibility index (Phi) is 2.98. The maximum Gasteiger partial charge on any atom is 0.420 e. The smallest absolute Gasteiger partial charge is 0.420 e. The van der Waals surface area contributed by atoms with Gasteiger partial charge in [0.05, 0.1) is 23.8 Å². The topological polar surface area (TPSA) is 67.7 Å². The number of aromatic carboxylic acids is 1. The number of halogens is 3. The van der Waals surface area contributed by atoms with E-state index in [1.807, 2.05) is 0 Å². The molecule has 0 fully saturated rings. The molecule has 0 saturated heterocycles. The monoisotopic (exact) mass is 310 g/mol. The van der Waals surface area contributed by atoms with Crippen LogP contribution in [0, 0.1) is 6.92 Å². The Labute approximate surface area is 121 Å². The van der Waals surface area contributed by atoms with Crippen LogP contribution in [0.4, 0.5) is 13.2 Å². The number of nitrogens with zero attached hydrogens (tertiary/aromatic N) is 2. The summed E-state index contributed by atoms with van der Waals surface area (Å²) < 4.78 is 45.8. The first kappa shape index (κ1) is 14.2. The zero-order valence-corrected chi connectivity index (χ0v) is 11.2. The number of imidazole rings is 1. The van der Waals surface area contributed by atoms with Crippen LogP contribution in [0.1, 0.15) is 21.7 Å². The van der Waals surface area contributed by atoms with E-state index in [-0.39, 0.29) is 11.3 Å². The fraction of sp³-hybridized carbons (Fsp3) is 0.143. The SMILES string of the molecule is Cc1c(C(=O)O)nc2c(C(F)(F)F)cc(-c3ccoc3)cn12. The van der Waals surface area contributed by atoms with Crippen molar-refractivity contribution < 1.29 is 27.5 Å². The Morgan fingerprint density at radius 3 is 2.64 bits per heavy atom. The fourth-order valence-electron chi connectivity index (χ4n) is 2.26. The van der Waals surface area contributed by atoms with Gasteiger partial charge in [-0.25, -0.2) is 9.78 Å². The molecule has 0 aliphatic rings. The van der Waals surface area contributed by atoms with Crippen LogP contribution in [-0.4, -0.2) is 20.5 Å². The number of pyridine rings is 1. The van der Waals surface area contributed by atoms with Crippen molar-refractivity contribution in [2.45, 2.75) is 13.1 Å². The molecule has 5 nitrogen and oxygen atoms in total. The summed E-state index contributed by atoms with van der Waals surface area (Å²) >= 11 is 0. The van der Waals surface area contributed by atoms with Crippen LogP contribution in [0.25, 0.3) is 16.8 Å². The molecule has 0 atom stereocenters. The number of furan rings is 1. The second-order valence-electron chi connectivity index (χ2n) is 4.70. The molecule has 3 heterocycles. The van der Waals surface area contributed by atoms with Gasteiger partial charge in [0, 0.05) is 17.3 Å². The summed E-state index contributed by atoms with van der Waals surface area (Å²) in [7, 11) is 0. The number of hydrogen-bond acceptors (Lipinski definition) is 3. The van der Waals surface area contributed by atoms with Crippen molar-refractivity contribution in [3.8, 4) is 11.1 Å². The lowest BCUT2D eigenvalue weighted by Crippen LogP contribution is -2.08. The first-order valence-corrected chi connectivity index (χ1v) is 6.15. The second-order valence-corrected chi connectivity index (χ2v) is 4.70. The summed E-state index contributed by atoms with van der Waals surface area (Å²) in [5.74, 6) is -1.38. The molecule has 22 heavy (non-hydrogen) atoms. The van der Waals surface area contributed by atoms with Gasteiger partial charge in [-0.15, -0.1) is 0 Å². The molecule has 3 aromatic rings. The number of carboxylic acid groups (broad SMARTS) is 1. The minimum absolute atomic E-state index is 0.123. The van der Waals surface area contributed by atoms with Crippen LogP contribution in [0.3, 0.4) is 0 Å². The molecule has 0 amide bonds. The van der Waals surface area contributed by atoms with Gasteiger partial charge in [0.25, 0.3) is 0 Å². The number of rotatable bonds is 2. The highest BCUT2D eigenvalue weighted by molar-refractivity contribution is 5.88. The lowest BCUT2D eigenvalue weighted by atomic mass is 10.1. The van der Waals surface area contributed by atoms with Crippen molar-refractivity contribution >= 4 is 11.6 Å². The lowest BCUT2D eigenvalue weighted by molar-refractivity contribution is -0.136. The lowest BCUT2D eigenvalue weighted by Gasteiger charge is -2.10. The molecule has 0 bridgehead atoms. The predicted octanol–water partition coefficient (Wildman–Crippen LogP) is 3.62. The molecular formula is C14H9F3N2O3. The Bertz CT molecular complexity index is 864. The third-order valence-electron chi connectivity index (χ3n) is 3.32. The van der Waals surface area contributed by atoms with Crippen molar-refractivity contribution in [3.63, 3.8) is 0 Å². The van der Waals surface area contributed by atoms with E-state index in [0.717, 1.165) is 10.5 Å². The third-order valence-corrected chi connectivity index (χ3v) is 3.32. The van der Waals surface area contributed by atoms with E-state index < -0.39 is 29.1 Å². The van der Waals surface area contributed by atoms with Gasteiger partial charge in [0.2, 0.25) is 0 Å². The Hall–Kier alpha value is -2.77. The summed E-state index contributed by atoms with van der Waals surface area (Å²) in [6.07, 6.45) is -0.597. The van der Waals surface area contributed by atoms with E-state index in [1.54, 1.807) is 0 Å². The van der Waals surface area contributed by atoms with Gasteiger partial charge in [-0.2, -0.15) is 13.2 Å². The number of carbonyl (C=O) groups is 1. The number of aromatic nitrogens is 2. The minimum Gasteiger partial charge on any atom is -0.476 e. The maximum atomic E-state index is 13.3. The molecule has 0 spiro atoms. The standard InChI is InChI=1S/C14H9F3N2O3/c1-7-11(13(20)21)18-12-10(14(15,16)17)4-9(5-19(7)12)8-2-3-22-6-8/h2-6H,1H3,(H,20,21). The molecule has 0 unspecified atom stereocenters. The van der Waals surface area contributed by atoms with E-state index >= 15 is 0 Å². The van der Waals surface area contributed by atoms with Crippen LogP contribution < -0.4 is 0 Å². The van der Waals surface area contributed by atoms with E-state index in [2.05, 4.69) is 4.98 Å². The van der Waals surface area contributed by atoms with Gasteiger partial charge >= 0.3 is 12.1 Å². The minimum atomic E-state index is -4.66. The number of alkyl halides is 3. The summed E-state index contributed by atoms with van der Waals surface area (Å²) in [6.45, 7) is 1.41. The molecular weight excluding hydrogens is 301 g/mol. The van der Waals surface area contributed by atoms with Crippen LogP contribution in [0.15, 0.2) is 35.3 Å². The molecule has 114 valence electrons. The van der Waals surface area contributed by atoms with E-state index in [0.29, 0.717) is 5.56 Å². The van der Waals surface area contributed by atoms with E-state index in [1.165, 1.54) is 31.7 Å². The normalized spacial score (nSPS) is 12.0. The predicted molar refractivity (Wildman–Crippen MR) is 69.6 cm³/mol. The van der Waals surface area contributed by atoms with Gasteiger partial charge in [-0.1, -0.05) is 0 Å². The van der Waals surface area contributed by atoms with Crippen LogP contribution in [0.5, 0.6) is 0 Å². The molecule has 3 aromatic heterocycles. The van der Waals surface area contributed by atoms with Gasteiger partial charge in [0.15, 0.2) is 5.69 Å². The number of fused-ring (bicyclic) bond motifs is 1. The number of hydrogen-bond donors (Lipinski definition) is 1. The average Bonchev–Trinajstić information content (AvgIpc) is 3.05. The molecule has 0 radical (unpaired) electrons. The Morgan fingerprint density at radius 2 is 2.09 bits per heavy atom. The molecule has 0 saturated carbocycles. The van der Waals surface area contributed by atoms with Crippen molar-refractivity contribution in [3.05, 3.63) is 47.8 Å². The first-order valence-electron chi connectivity index (χ1n) is 6.15. The van der Waals surface area contributed by atoms with Crippen molar-refractivity contribution in [1.29, 1.82) is 0 Å². The quantitative estimate of drug-likeness (QED) is 0.785. The highest BCUT2D eigenvalue weighted by atomic mass is 19.4. The van der Waals surface area contributed by atoms with Crippen molar-refractivity contribution in [2.75, 3.05) is 0 Å². The molecule has 1 N–H and O–H groups in total. The number of carboxylic acids is 1. The first-order chi connectivity index (χ1) is 10.3. The maximum absolute atomic E-state index is 13.3. The van der Waals surface area contributed by atoms with Gasteiger partial charge in [-0.3, -0.25) is 0 Å². The largest absolute Gasteiger partial charge is 0.476 e. The summed E-state index contributed by atoms with van der Waals surface area (Å²) in [5, 5.41) is 9.04. The van der Waals surface area contributed by atoms with Crippen molar-refractivity contribution in [1.82, 2.24) is 9.38 Å². The molecule has 0 aromatic carbocycles. The highest BCUT2D eigenvalue weighted by Gasteiger charge is 2.35. The molecule has 0 aliphatic carbocycles. The van der Waals surface area contributed by atoms with E-state index in [9.17, 15) is 18.0 Å². The summed E-state index contributed by atoms with van der Waals surface area (Å²) in [6, 6.07) is 2.45. The number of aryl methyl sites for hydroxylation is 1. The van der Waals surface area contributed by atoms with Crippen molar-refractivity contribution in [2.24, 2.45) is 0 Å². The molecule has 0 aliphatic heterocycles. The van der Waals surface area contributed by atoms with Crippen LogP contribution in [-0.2, 0) is 6.18 Å². The highest BCUT2D eigenvalue weighted by Crippen LogP contribution is 2.36. The van der Waals surface area contributed by atoms with Crippen LogP contribution in [0.2, 0.25) is 0 Å². The molecule has 8 heteroatoms.